The Labute approximate surface area is 99.2 Å². The SMILES string of the molecule is Cc1nn(C)cc1C(C)NCCCC(C)C. The van der Waals surface area contributed by atoms with Crippen LogP contribution in [0.25, 0.3) is 0 Å². The quantitative estimate of drug-likeness (QED) is 0.752. The summed E-state index contributed by atoms with van der Waals surface area (Å²) in [6, 6.07) is 0.404. The molecule has 0 aromatic carbocycles. The lowest BCUT2D eigenvalue weighted by atomic mass is 10.1. The largest absolute Gasteiger partial charge is 0.310 e. The second-order valence-electron chi connectivity index (χ2n) is 5.06. The molecular formula is C13H25N3. The molecule has 0 amide bonds. The minimum Gasteiger partial charge on any atom is -0.310 e. The van der Waals surface area contributed by atoms with E-state index in [0.717, 1.165) is 18.2 Å². The number of hydrogen-bond donors (Lipinski definition) is 1. The van der Waals surface area contributed by atoms with Gasteiger partial charge in [-0.25, -0.2) is 0 Å². The summed E-state index contributed by atoms with van der Waals surface area (Å²) in [6.45, 7) is 9.91. The second kappa shape index (κ2) is 6.04. The van der Waals surface area contributed by atoms with Gasteiger partial charge in [-0.05, 0) is 39.2 Å². The molecule has 1 aromatic heterocycles. The van der Waals surface area contributed by atoms with E-state index in [1.807, 2.05) is 11.7 Å². The van der Waals surface area contributed by atoms with Crippen molar-refractivity contribution in [2.24, 2.45) is 13.0 Å². The Hall–Kier alpha value is -0.830. The first kappa shape index (κ1) is 13.2. The molecule has 16 heavy (non-hydrogen) atoms. The summed E-state index contributed by atoms with van der Waals surface area (Å²) in [5.41, 5.74) is 2.44. The van der Waals surface area contributed by atoms with Crippen molar-refractivity contribution < 1.29 is 0 Å². The highest BCUT2D eigenvalue weighted by Crippen LogP contribution is 2.15. The molecule has 0 bridgehead atoms. The Balaban J connectivity index is 2.35. The molecule has 0 aliphatic heterocycles. The van der Waals surface area contributed by atoms with Gasteiger partial charge in [-0.2, -0.15) is 5.10 Å². The normalized spacial score (nSPS) is 13.4. The van der Waals surface area contributed by atoms with E-state index in [1.54, 1.807) is 0 Å². The molecule has 1 N–H and O–H groups in total. The molecular weight excluding hydrogens is 198 g/mol. The fraction of sp³-hybridized carbons (Fsp3) is 0.769. The first-order chi connectivity index (χ1) is 7.50. The number of nitrogens with zero attached hydrogens (tertiary/aromatic N) is 2. The van der Waals surface area contributed by atoms with E-state index in [1.165, 1.54) is 18.4 Å². The van der Waals surface area contributed by atoms with Gasteiger partial charge < -0.3 is 5.32 Å². The highest BCUT2D eigenvalue weighted by Gasteiger charge is 2.10. The predicted octanol–water partition coefficient (Wildman–Crippen LogP) is 2.82. The van der Waals surface area contributed by atoms with Crippen molar-refractivity contribution in [2.75, 3.05) is 6.54 Å². The average Bonchev–Trinajstić information content (AvgIpc) is 2.52. The third-order valence-corrected chi connectivity index (χ3v) is 2.93. The number of nitrogens with one attached hydrogen (secondary N) is 1. The fourth-order valence-electron chi connectivity index (χ4n) is 1.98. The number of rotatable bonds is 6. The molecule has 3 heteroatoms. The molecule has 0 saturated carbocycles. The zero-order valence-electron chi connectivity index (χ0n) is 11.2. The van der Waals surface area contributed by atoms with Crippen LogP contribution in [-0.4, -0.2) is 16.3 Å². The fourth-order valence-corrected chi connectivity index (χ4v) is 1.98. The van der Waals surface area contributed by atoms with Crippen molar-refractivity contribution >= 4 is 0 Å². The van der Waals surface area contributed by atoms with Crippen LogP contribution in [0.15, 0.2) is 6.20 Å². The van der Waals surface area contributed by atoms with E-state index in [4.69, 9.17) is 0 Å². The van der Waals surface area contributed by atoms with E-state index in [2.05, 4.69) is 44.3 Å². The van der Waals surface area contributed by atoms with E-state index in [9.17, 15) is 0 Å². The van der Waals surface area contributed by atoms with Crippen LogP contribution in [0.1, 0.15) is 50.9 Å². The summed E-state index contributed by atoms with van der Waals surface area (Å²) in [4.78, 5) is 0. The first-order valence-electron chi connectivity index (χ1n) is 6.24. The summed E-state index contributed by atoms with van der Waals surface area (Å²) in [6.07, 6.45) is 4.66. The van der Waals surface area contributed by atoms with Gasteiger partial charge in [-0.15, -0.1) is 0 Å². The molecule has 0 aliphatic carbocycles. The summed E-state index contributed by atoms with van der Waals surface area (Å²) >= 11 is 0. The molecule has 3 nitrogen and oxygen atoms in total. The smallest absolute Gasteiger partial charge is 0.0641 e. The van der Waals surface area contributed by atoms with Crippen molar-refractivity contribution in [3.05, 3.63) is 17.5 Å². The van der Waals surface area contributed by atoms with Crippen molar-refractivity contribution in [1.29, 1.82) is 0 Å². The van der Waals surface area contributed by atoms with Gasteiger partial charge in [0.05, 0.1) is 5.69 Å². The van der Waals surface area contributed by atoms with Crippen LogP contribution >= 0.6 is 0 Å². The standard InChI is InChI=1S/C13H25N3/c1-10(2)7-6-8-14-11(3)13-9-16(5)15-12(13)4/h9-11,14H,6-8H2,1-5H3. The molecule has 92 valence electrons. The van der Waals surface area contributed by atoms with Crippen LogP contribution in [0.2, 0.25) is 0 Å². The minimum absolute atomic E-state index is 0.404. The molecule has 0 radical (unpaired) electrons. The van der Waals surface area contributed by atoms with Gasteiger partial charge in [-0.1, -0.05) is 13.8 Å². The van der Waals surface area contributed by atoms with Crippen LogP contribution in [0.4, 0.5) is 0 Å². The Morgan fingerprint density at radius 1 is 1.38 bits per heavy atom. The van der Waals surface area contributed by atoms with Crippen molar-refractivity contribution in [3.63, 3.8) is 0 Å². The monoisotopic (exact) mass is 223 g/mol. The predicted molar refractivity (Wildman–Crippen MR) is 68.4 cm³/mol. The Bertz CT molecular complexity index is 315. The molecule has 1 unspecified atom stereocenters. The van der Waals surface area contributed by atoms with Crippen LogP contribution in [0.3, 0.4) is 0 Å². The van der Waals surface area contributed by atoms with Gasteiger partial charge >= 0.3 is 0 Å². The summed E-state index contributed by atoms with van der Waals surface area (Å²) < 4.78 is 1.89. The molecule has 0 saturated heterocycles. The molecule has 1 aromatic rings. The number of aromatic nitrogens is 2. The number of aryl methyl sites for hydroxylation is 2. The van der Waals surface area contributed by atoms with E-state index in [-0.39, 0.29) is 0 Å². The van der Waals surface area contributed by atoms with E-state index >= 15 is 0 Å². The van der Waals surface area contributed by atoms with E-state index < -0.39 is 0 Å². The van der Waals surface area contributed by atoms with E-state index in [0.29, 0.717) is 6.04 Å². The molecule has 0 aliphatic rings. The van der Waals surface area contributed by atoms with Crippen molar-refractivity contribution in [2.45, 2.75) is 46.6 Å². The molecule has 0 fully saturated rings. The van der Waals surface area contributed by atoms with Gasteiger partial charge in [-0.3, -0.25) is 4.68 Å². The third kappa shape index (κ3) is 3.97. The Morgan fingerprint density at radius 2 is 2.06 bits per heavy atom. The van der Waals surface area contributed by atoms with Crippen LogP contribution in [-0.2, 0) is 7.05 Å². The van der Waals surface area contributed by atoms with Gasteiger partial charge in [0, 0.05) is 24.8 Å². The topological polar surface area (TPSA) is 29.9 Å². The first-order valence-corrected chi connectivity index (χ1v) is 6.24. The van der Waals surface area contributed by atoms with Crippen LogP contribution in [0.5, 0.6) is 0 Å². The second-order valence-corrected chi connectivity index (χ2v) is 5.06. The lowest BCUT2D eigenvalue weighted by Gasteiger charge is -2.13. The Kier molecular flexibility index (Phi) is 5.00. The lowest BCUT2D eigenvalue weighted by Crippen LogP contribution is -2.20. The molecule has 1 heterocycles. The summed E-state index contributed by atoms with van der Waals surface area (Å²) in [7, 11) is 1.97. The Morgan fingerprint density at radius 3 is 2.56 bits per heavy atom. The maximum atomic E-state index is 4.37. The van der Waals surface area contributed by atoms with Gasteiger partial charge in [0.1, 0.15) is 0 Å². The van der Waals surface area contributed by atoms with Gasteiger partial charge in [0.2, 0.25) is 0 Å². The zero-order valence-corrected chi connectivity index (χ0v) is 11.2. The van der Waals surface area contributed by atoms with Crippen LogP contribution in [0, 0.1) is 12.8 Å². The molecule has 0 spiro atoms. The van der Waals surface area contributed by atoms with Crippen LogP contribution < -0.4 is 5.32 Å². The summed E-state index contributed by atoms with van der Waals surface area (Å²) in [5.74, 6) is 0.803. The zero-order chi connectivity index (χ0) is 12.1. The number of hydrogen-bond acceptors (Lipinski definition) is 2. The third-order valence-electron chi connectivity index (χ3n) is 2.93. The maximum Gasteiger partial charge on any atom is 0.0641 e. The van der Waals surface area contributed by atoms with Crippen molar-refractivity contribution in [3.8, 4) is 0 Å². The van der Waals surface area contributed by atoms with Crippen molar-refractivity contribution in [1.82, 2.24) is 15.1 Å². The average molecular weight is 223 g/mol. The van der Waals surface area contributed by atoms with Gasteiger partial charge in [0.15, 0.2) is 0 Å². The molecule has 1 atom stereocenters. The maximum absolute atomic E-state index is 4.37. The molecule has 1 rings (SSSR count). The minimum atomic E-state index is 0.404. The lowest BCUT2D eigenvalue weighted by molar-refractivity contribution is 0.496. The van der Waals surface area contributed by atoms with Gasteiger partial charge in [0.25, 0.3) is 0 Å². The summed E-state index contributed by atoms with van der Waals surface area (Å²) in [5, 5.41) is 7.92. The highest BCUT2D eigenvalue weighted by molar-refractivity contribution is 5.19. The highest BCUT2D eigenvalue weighted by atomic mass is 15.3.